The number of hydrogen-bond donors (Lipinski definition) is 2. The molecule has 0 bridgehead atoms. The van der Waals surface area contributed by atoms with E-state index in [2.05, 4.69) is 0 Å². The average molecular weight is 298 g/mol. The second-order valence-corrected chi connectivity index (χ2v) is 4.57. The second kappa shape index (κ2) is 5.38. The van der Waals surface area contributed by atoms with Crippen LogP contribution in [0.3, 0.4) is 0 Å². The fourth-order valence-electron chi connectivity index (χ4n) is 1.46. The van der Waals surface area contributed by atoms with Gasteiger partial charge in [-0.3, -0.25) is 0 Å². The lowest BCUT2D eigenvalue weighted by atomic mass is 10.1. The highest BCUT2D eigenvalue weighted by molar-refractivity contribution is 6.32. The van der Waals surface area contributed by atoms with Gasteiger partial charge in [0, 0.05) is 10.7 Å². The zero-order chi connectivity index (χ0) is 14.0. The third-order valence-electron chi connectivity index (χ3n) is 2.38. The number of carboxylic acid groups (broad SMARTS) is 1. The summed E-state index contributed by atoms with van der Waals surface area (Å²) in [6.07, 6.45) is 0. The fourth-order valence-corrected chi connectivity index (χ4v) is 1.80. The van der Waals surface area contributed by atoms with E-state index in [1.807, 2.05) is 0 Å². The summed E-state index contributed by atoms with van der Waals surface area (Å²) >= 11 is 11.7. The molecule has 0 atom stereocenters. The van der Waals surface area contributed by atoms with E-state index in [1.165, 1.54) is 12.1 Å². The molecule has 3 N–H and O–H groups in total. The third kappa shape index (κ3) is 3.10. The molecule has 0 radical (unpaired) electrons. The predicted octanol–water partition coefficient (Wildman–Crippen LogP) is 4.07. The van der Waals surface area contributed by atoms with Crippen molar-refractivity contribution in [3.05, 3.63) is 52.0 Å². The number of halogens is 2. The molecule has 0 aromatic heterocycles. The highest BCUT2D eigenvalue weighted by atomic mass is 35.5. The number of carboxylic acids is 1. The van der Waals surface area contributed by atoms with Gasteiger partial charge in [0.25, 0.3) is 0 Å². The first kappa shape index (κ1) is 13.5. The van der Waals surface area contributed by atoms with Crippen molar-refractivity contribution in [2.45, 2.75) is 0 Å². The molecule has 98 valence electrons. The minimum Gasteiger partial charge on any atom is -0.478 e. The molecular weight excluding hydrogens is 289 g/mol. The molecule has 0 aliphatic rings. The number of ether oxygens (including phenoxy) is 1. The van der Waals surface area contributed by atoms with Gasteiger partial charge in [-0.2, -0.15) is 0 Å². The van der Waals surface area contributed by atoms with Gasteiger partial charge in [0.05, 0.1) is 10.6 Å². The van der Waals surface area contributed by atoms with Crippen LogP contribution in [0.2, 0.25) is 10.0 Å². The summed E-state index contributed by atoms with van der Waals surface area (Å²) in [6.45, 7) is 0. The SMILES string of the molecule is Nc1cc(Cl)c(Oc2ccc(Cl)cc2)cc1C(=O)O. The molecule has 0 unspecified atom stereocenters. The van der Waals surface area contributed by atoms with Gasteiger partial charge in [-0.15, -0.1) is 0 Å². The van der Waals surface area contributed by atoms with E-state index >= 15 is 0 Å². The Morgan fingerprint density at radius 2 is 1.79 bits per heavy atom. The first-order valence-corrected chi connectivity index (χ1v) is 5.98. The Bertz CT molecular complexity index is 627. The summed E-state index contributed by atoms with van der Waals surface area (Å²) in [6, 6.07) is 9.23. The summed E-state index contributed by atoms with van der Waals surface area (Å²) in [5, 5.41) is 9.79. The van der Waals surface area contributed by atoms with Gasteiger partial charge in [0.2, 0.25) is 0 Å². The van der Waals surface area contributed by atoms with E-state index < -0.39 is 5.97 Å². The molecule has 0 fully saturated rings. The smallest absolute Gasteiger partial charge is 0.337 e. The largest absolute Gasteiger partial charge is 0.478 e. The van der Waals surface area contributed by atoms with Crippen molar-refractivity contribution in [3.8, 4) is 11.5 Å². The summed E-state index contributed by atoms with van der Waals surface area (Å²) in [5.74, 6) is -0.432. The number of nitrogens with two attached hydrogens (primary N) is 1. The van der Waals surface area contributed by atoms with Crippen LogP contribution in [0.15, 0.2) is 36.4 Å². The second-order valence-electron chi connectivity index (χ2n) is 3.73. The summed E-state index contributed by atoms with van der Waals surface area (Å²) in [5.41, 5.74) is 5.59. The van der Waals surface area contributed by atoms with Crippen LogP contribution in [0.5, 0.6) is 11.5 Å². The van der Waals surface area contributed by atoms with Gasteiger partial charge < -0.3 is 15.6 Å². The number of benzene rings is 2. The van der Waals surface area contributed by atoms with E-state index in [1.54, 1.807) is 24.3 Å². The Balaban J connectivity index is 2.37. The monoisotopic (exact) mass is 297 g/mol. The lowest BCUT2D eigenvalue weighted by molar-refractivity contribution is 0.0697. The minimum atomic E-state index is -1.14. The van der Waals surface area contributed by atoms with Crippen molar-refractivity contribution in [2.24, 2.45) is 0 Å². The third-order valence-corrected chi connectivity index (χ3v) is 2.92. The van der Waals surface area contributed by atoms with Crippen LogP contribution in [-0.4, -0.2) is 11.1 Å². The maximum absolute atomic E-state index is 11.0. The first-order chi connectivity index (χ1) is 8.97. The Morgan fingerprint density at radius 1 is 1.16 bits per heavy atom. The van der Waals surface area contributed by atoms with Crippen molar-refractivity contribution in [3.63, 3.8) is 0 Å². The van der Waals surface area contributed by atoms with Crippen LogP contribution in [-0.2, 0) is 0 Å². The molecule has 0 aliphatic carbocycles. The number of anilines is 1. The quantitative estimate of drug-likeness (QED) is 0.838. The fraction of sp³-hybridized carbons (Fsp3) is 0. The molecule has 2 aromatic rings. The Kier molecular flexibility index (Phi) is 3.83. The number of nitrogen functional groups attached to an aromatic ring is 1. The molecular formula is C13H9Cl2NO3. The van der Waals surface area contributed by atoms with E-state index in [-0.39, 0.29) is 22.0 Å². The van der Waals surface area contributed by atoms with Crippen LogP contribution < -0.4 is 10.5 Å². The Hall–Kier alpha value is -1.91. The van der Waals surface area contributed by atoms with Gasteiger partial charge in [0.15, 0.2) is 0 Å². The maximum atomic E-state index is 11.0. The minimum absolute atomic E-state index is 0.0617. The summed E-state index contributed by atoms with van der Waals surface area (Å²) < 4.78 is 5.50. The molecule has 19 heavy (non-hydrogen) atoms. The molecule has 0 heterocycles. The van der Waals surface area contributed by atoms with Gasteiger partial charge in [-0.25, -0.2) is 4.79 Å². The molecule has 0 aliphatic heterocycles. The number of carbonyl (C=O) groups is 1. The van der Waals surface area contributed by atoms with Crippen LogP contribution >= 0.6 is 23.2 Å². The molecule has 2 rings (SSSR count). The zero-order valence-corrected chi connectivity index (χ0v) is 11.1. The number of rotatable bonds is 3. The van der Waals surface area contributed by atoms with E-state index in [9.17, 15) is 4.79 Å². The van der Waals surface area contributed by atoms with Gasteiger partial charge in [0.1, 0.15) is 11.5 Å². The molecule has 0 saturated heterocycles. The van der Waals surface area contributed by atoms with Crippen molar-refractivity contribution in [1.29, 1.82) is 0 Å². The van der Waals surface area contributed by atoms with Gasteiger partial charge in [-0.05, 0) is 36.4 Å². The molecule has 0 amide bonds. The van der Waals surface area contributed by atoms with Crippen LogP contribution in [0.4, 0.5) is 5.69 Å². The zero-order valence-electron chi connectivity index (χ0n) is 9.56. The average Bonchev–Trinajstić information content (AvgIpc) is 2.34. The topological polar surface area (TPSA) is 72.5 Å². The Labute approximate surface area is 119 Å². The van der Waals surface area contributed by atoms with Crippen molar-refractivity contribution >= 4 is 34.9 Å². The molecule has 0 spiro atoms. The first-order valence-electron chi connectivity index (χ1n) is 5.23. The Morgan fingerprint density at radius 3 is 2.37 bits per heavy atom. The standard InChI is InChI=1S/C13H9Cl2NO3/c14-7-1-3-8(4-2-7)19-12-5-9(13(17)18)11(16)6-10(12)15/h1-6H,16H2,(H,17,18). The van der Waals surface area contributed by atoms with E-state index in [0.29, 0.717) is 10.8 Å². The number of aromatic carboxylic acids is 1. The lowest BCUT2D eigenvalue weighted by Crippen LogP contribution is -2.03. The van der Waals surface area contributed by atoms with Crippen LogP contribution in [0.25, 0.3) is 0 Å². The molecule has 0 saturated carbocycles. The van der Waals surface area contributed by atoms with Crippen molar-refractivity contribution in [2.75, 3.05) is 5.73 Å². The van der Waals surface area contributed by atoms with Gasteiger partial charge >= 0.3 is 5.97 Å². The number of hydrogen-bond acceptors (Lipinski definition) is 3. The van der Waals surface area contributed by atoms with Crippen molar-refractivity contribution < 1.29 is 14.6 Å². The predicted molar refractivity (Wildman–Crippen MR) is 74.3 cm³/mol. The van der Waals surface area contributed by atoms with E-state index in [4.69, 9.17) is 38.8 Å². The highest BCUT2D eigenvalue weighted by Crippen LogP contribution is 2.33. The highest BCUT2D eigenvalue weighted by Gasteiger charge is 2.13. The molecule has 6 heteroatoms. The van der Waals surface area contributed by atoms with Crippen molar-refractivity contribution in [1.82, 2.24) is 0 Å². The van der Waals surface area contributed by atoms with Gasteiger partial charge in [-0.1, -0.05) is 23.2 Å². The summed E-state index contributed by atoms with van der Waals surface area (Å²) in [7, 11) is 0. The molecule has 2 aromatic carbocycles. The maximum Gasteiger partial charge on any atom is 0.337 e. The summed E-state index contributed by atoms with van der Waals surface area (Å²) in [4.78, 5) is 11.0. The normalized spacial score (nSPS) is 10.2. The van der Waals surface area contributed by atoms with E-state index in [0.717, 1.165) is 0 Å². The van der Waals surface area contributed by atoms with Crippen LogP contribution in [0.1, 0.15) is 10.4 Å². The van der Waals surface area contributed by atoms with Crippen LogP contribution in [0, 0.1) is 0 Å². The lowest BCUT2D eigenvalue weighted by Gasteiger charge is -2.10. The molecule has 4 nitrogen and oxygen atoms in total.